The second kappa shape index (κ2) is 3.71. The van der Waals surface area contributed by atoms with E-state index in [-0.39, 0.29) is 12.5 Å². The Labute approximate surface area is 102 Å². The molecule has 4 bridgehead atoms. The van der Waals surface area contributed by atoms with Gasteiger partial charge in [0.1, 0.15) is 0 Å². The van der Waals surface area contributed by atoms with Crippen molar-refractivity contribution >= 4 is 5.97 Å². The van der Waals surface area contributed by atoms with Crippen LogP contribution in [0, 0.1) is 35.0 Å². The molecular weight excluding hydrogens is 216 g/mol. The van der Waals surface area contributed by atoms with Crippen LogP contribution in [-0.4, -0.2) is 22.8 Å². The van der Waals surface area contributed by atoms with Gasteiger partial charge >= 0.3 is 5.97 Å². The maximum atomic E-state index is 11.5. The molecule has 4 aliphatic rings. The molecular formula is C14H22O3. The quantitative estimate of drug-likeness (QED) is 0.792. The molecule has 4 aliphatic carbocycles. The first-order valence-corrected chi connectivity index (χ1v) is 6.89. The molecule has 4 rings (SSSR count). The minimum absolute atomic E-state index is 0.206. The Hall–Kier alpha value is -0.570. The average Bonchev–Trinajstić information content (AvgIpc) is 2.26. The fraction of sp³-hybridized carbons (Fsp3) is 0.929. The Bertz CT molecular complexity index is 310. The largest absolute Gasteiger partial charge is 0.481 e. The predicted molar refractivity (Wildman–Crippen MR) is 63.4 cm³/mol. The van der Waals surface area contributed by atoms with Gasteiger partial charge in [0.05, 0.1) is 12.0 Å². The van der Waals surface area contributed by atoms with Gasteiger partial charge in [0.15, 0.2) is 0 Å². The number of aliphatic hydroxyl groups is 1. The van der Waals surface area contributed by atoms with Crippen LogP contribution in [0.3, 0.4) is 0 Å². The van der Waals surface area contributed by atoms with E-state index in [9.17, 15) is 15.0 Å². The van der Waals surface area contributed by atoms with Crippen molar-refractivity contribution in [2.24, 2.45) is 35.0 Å². The Kier molecular flexibility index (Phi) is 2.51. The Balaban J connectivity index is 1.91. The number of rotatable bonds is 3. The van der Waals surface area contributed by atoms with Crippen molar-refractivity contribution in [3.63, 3.8) is 0 Å². The molecule has 3 nitrogen and oxygen atoms in total. The summed E-state index contributed by atoms with van der Waals surface area (Å²) in [6.07, 6.45) is 6.21. The highest BCUT2D eigenvalue weighted by Gasteiger charge is 2.56. The molecule has 0 radical (unpaired) electrons. The minimum atomic E-state index is -0.914. The van der Waals surface area contributed by atoms with Crippen molar-refractivity contribution in [1.82, 2.24) is 0 Å². The lowest BCUT2D eigenvalue weighted by Gasteiger charge is -2.58. The first kappa shape index (κ1) is 11.5. The minimum Gasteiger partial charge on any atom is -0.481 e. The molecule has 0 aliphatic heterocycles. The summed E-state index contributed by atoms with van der Waals surface area (Å²) in [5.41, 5.74) is -0.914. The van der Waals surface area contributed by atoms with Crippen LogP contribution < -0.4 is 0 Å². The number of hydrogen-bond acceptors (Lipinski definition) is 2. The topological polar surface area (TPSA) is 57.5 Å². The fourth-order valence-electron chi connectivity index (χ4n) is 5.28. The van der Waals surface area contributed by atoms with Crippen LogP contribution in [0.1, 0.15) is 39.0 Å². The molecule has 17 heavy (non-hydrogen) atoms. The van der Waals surface area contributed by atoms with E-state index >= 15 is 0 Å². The zero-order valence-corrected chi connectivity index (χ0v) is 10.4. The van der Waals surface area contributed by atoms with Crippen molar-refractivity contribution in [2.45, 2.75) is 39.0 Å². The molecule has 1 unspecified atom stereocenters. The number of carboxylic acids is 1. The van der Waals surface area contributed by atoms with Crippen LogP contribution in [0.15, 0.2) is 0 Å². The van der Waals surface area contributed by atoms with Crippen LogP contribution in [0.4, 0.5) is 0 Å². The first-order chi connectivity index (χ1) is 8.04. The Morgan fingerprint density at radius 1 is 1.12 bits per heavy atom. The van der Waals surface area contributed by atoms with Crippen molar-refractivity contribution in [3.8, 4) is 0 Å². The predicted octanol–water partition coefficient (Wildman–Crippen LogP) is 2.14. The monoisotopic (exact) mass is 238 g/mol. The average molecular weight is 238 g/mol. The molecule has 0 aromatic rings. The second-order valence-corrected chi connectivity index (χ2v) is 6.84. The summed E-state index contributed by atoms with van der Waals surface area (Å²) in [5, 5.41) is 19.0. The summed E-state index contributed by atoms with van der Waals surface area (Å²) in [4.78, 5) is 11.5. The van der Waals surface area contributed by atoms with E-state index in [0.717, 1.165) is 11.8 Å². The third-order valence-corrected chi connectivity index (χ3v) is 5.78. The van der Waals surface area contributed by atoms with E-state index < -0.39 is 11.4 Å². The first-order valence-electron chi connectivity index (χ1n) is 6.89. The smallest absolute Gasteiger partial charge is 0.311 e. The summed E-state index contributed by atoms with van der Waals surface area (Å²) in [6.45, 7) is 1.54. The molecule has 0 spiro atoms. The third kappa shape index (κ3) is 1.55. The molecule has 0 heterocycles. The molecule has 2 N–H and O–H groups in total. The molecule has 0 saturated heterocycles. The highest BCUT2D eigenvalue weighted by Crippen LogP contribution is 2.60. The van der Waals surface area contributed by atoms with Crippen LogP contribution in [0.25, 0.3) is 0 Å². The Morgan fingerprint density at radius 3 is 1.94 bits per heavy atom. The highest BCUT2D eigenvalue weighted by molar-refractivity contribution is 5.75. The summed E-state index contributed by atoms with van der Waals surface area (Å²) in [7, 11) is 0. The van der Waals surface area contributed by atoms with Gasteiger partial charge in [0.2, 0.25) is 0 Å². The fourth-order valence-corrected chi connectivity index (χ4v) is 5.28. The van der Waals surface area contributed by atoms with Crippen LogP contribution in [0.2, 0.25) is 0 Å². The van der Waals surface area contributed by atoms with Crippen LogP contribution in [-0.2, 0) is 4.79 Å². The zero-order valence-electron chi connectivity index (χ0n) is 10.4. The number of hydrogen-bond donors (Lipinski definition) is 2. The van der Waals surface area contributed by atoms with Gasteiger partial charge in [-0.15, -0.1) is 0 Å². The number of carboxylic acid groups (broad SMARTS) is 1. The Morgan fingerprint density at radius 2 is 1.59 bits per heavy atom. The molecule has 0 aromatic carbocycles. The van der Waals surface area contributed by atoms with E-state index in [1.165, 1.54) is 32.1 Å². The summed E-state index contributed by atoms with van der Waals surface area (Å²) < 4.78 is 0. The van der Waals surface area contributed by atoms with Gasteiger partial charge in [0.25, 0.3) is 0 Å². The lowest BCUT2D eigenvalue weighted by Crippen LogP contribution is -2.54. The van der Waals surface area contributed by atoms with Gasteiger partial charge in [-0.05, 0) is 68.6 Å². The maximum Gasteiger partial charge on any atom is 0.311 e. The molecule has 3 heteroatoms. The molecule has 4 saturated carbocycles. The SMILES string of the molecule is CC(CO)(C(=O)O)C1C2CC3CC(C2)CC1C3. The maximum absolute atomic E-state index is 11.5. The van der Waals surface area contributed by atoms with Gasteiger partial charge in [-0.25, -0.2) is 0 Å². The molecule has 96 valence electrons. The summed E-state index contributed by atoms with van der Waals surface area (Å²) in [6, 6.07) is 0. The lowest BCUT2D eigenvalue weighted by molar-refractivity contribution is -0.169. The van der Waals surface area contributed by atoms with Gasteiger partial charge in [-0.3, -0.25) is 4.79 Å². The van der Waals surface area contributed by atoms with E-state index in [1.54, 1.807) is 6.92 Å². The number of carbonyl (C=O) groups is 1. The van der Waals surface area contributed by atoms with Crippen molar-refractivity contribution < 1.29 is 15.0 Å². The summed E-state index contributed by atoms with van der Waals surface area (Å²) in [5.74, 6) is 2.21. The molecule has 0 amide bonds. The van der Waals surface area contributed by atoms with Crippen molar-refractivity contribution in [3.05, 3.63) is 0 Å². The van der Waals surface area contributed by atoms with Crippen LogP contribution in [0.5, 0.6) is 0 Å². The third-order valence-electron chi connectivity index (χ3n) is 5.78. The summed E-state index contributed by atoms with van der Waals surface area (Å²) >= 11 is 0. The van der Waals surface area contributed by atoms with E-state index in [4.69, 9.17) is 0 Å². The highest BCUT2D eigenvalue weighted by atomic mass is 16.4. The number of aliphatic carboxylic acids is 1. The standard InChI is InChI=1S/C14H22O3/c1-14(7-15,13(16)17)12-10-3-8-2-9(5-10)6-11(12)4-8/h8-12,15H,2-7H2,1H3,(H,16,17). The van der Waals surface area contributed by atoms with Crippen LogP contribution >= 0.6 is 0 Å². The normalized spacial score (nSPS) is 46.8. The van der Waals surface area contributed by atoms with Gasteiger partial charge in [-0.1, -0.05) is 0 Å². The van der Waals surface area contributed by atoms with Gasteiger partial charge in [-0.2, -0.15) is 0 Å². The lowest BCUT2D eigenvalue weighted by atomic mass is 9.47. The van der Waals surface area contributed by atoms with E-state index in [0.29, 0.717) is 11.8 Å². The van der Waals surface area contributed by atoms with Crippen molar-refractivity contribution in [2.75, 3.05) is 6.61 Å². The van der Waals surface area contributed by atoms with Gasteiger partial charge < -0.3 is 10.2 Å². The number of aliphatic hydroxyl groups excluding tert-OH is 1. The molecule has 0 aromatic heterocycles. The molecule has 1 atom stereocenters. The van der Waals surface area contributed by atoms with Gasteiger partial charge in [0, 0.05) is 0 Å². The van der Waals surface area contributed by atoms with E-state index in [2.05, 4.69) is 0 Å². The second-order valence-electron chi connectivity index (χ2n) is 6.84. The zero-order chi connectivity index (χ0) is 12.2. The van der Waals surface area contributed by atoms with Crippen molar-refractivity contribution in [1.29, 1.82) is 0 Å². The molecule has 4 fully saturated rings. The van der Waals surface area contributed by atoms with E-state index in [1.807, 2.05) is 0 Å².